The molecule has 3 rings (SSSR count). The first-order chi connectivity index (χ1) is 11.5. The summed E-state index contributed by atoms with van der Waals surface area (Å²) in [6, 6.07) is 4.05. The van der Waals surface area contributed by atoms with Gasteiger partial charge < -0.3 is 14.2 Å². The van der Waals surface area contributed by atoms with E-state index in [0.29, 0.717) is 36.9 Å². The van der Waals surface area contributed by atoms with E-state index < -0.39 is 5.82 Å². The molecule has 1 aliphatic heterocycles. The molecule has 8 heteroatoms. The van der Waals surface area contributed by atoms with Gasteiger partial charge in [0.05, 0.1) is 7.11 Å². The topological polar surface area (TPSA) is 71.7 Å². The van der Waals surface area contributed by atoms with Gasteiger partial charge in [-0.15, -0.1) is 0 Å². The number of rotatable bonds is 3. The van der Waals surface area contributed by atoms with Crippen LogP contribution in [0.2, 0.25) is 0 Å². The van der Waals surface area contributed by atoms with Crippen LogP contribution in [0.4, 0.5) is 4.39 Å². The van der Waals surface area contributed by atoms with Crippen LogP contribution in [0, 0.1) is 12.7 Å². The predicted molar refractivity (Wildman–Crippen MR) is 83.3 cm³/mol. The Morgan fingerprint density at radius 2 is 2.21 bits per heavy atom. The van der Waals surface area contributed by atoms with Gasteiger partial charge >= 0.3 is 0 Å². The molecule has 0 N–H and O–H groups in total. The van der Waals surface area contributed by atoms with Crippen molar-refractivity contribution in [2.75, 3.05) is 33.8 Å². The molecule has 0 radical (unpaired) electrons. The van der Waals surface area contributed by atoms with Crippen LogP contribution in [0.3, 0.4) is 0 Å². The molecule has 1 aliphatic rings. The third-order valence-corrected chi connectivity index (χ3v) is 4.16. The lowest BCUT2D eigenvalue weighted by Gasteiger charge is -2.37. The molecule has 24 heavy (non-hydrogen) atoms. The second kappa shape index (κ2) is 6.56. The average Bonchev–Trinajstić information content (AvgIpc) is 3.01. The van der Waals surface area contributed by atoms with Crippen LogP contribution in [0.5, 0.6) is 5.75 Å². The van der Waals surface area contributed by atoms with E-state index in [1.165, 1.54) is 19.2 Å². The van der Waals surface area contributed by atoms with E-state index in [1.807, 2.05) is 7.05 Å². The van der Waals surface area contributed by atoms with E-state index in [0.717, 1.165) is 0 Å². The van der Waals surface area contributed by atoms with Gasteiger partial charge in [0.1, 0.15) is 6.04 Å². The first-order valence-corrected chi connectivity index (χ1v) is 7.63. The van der Waals surface area contributed by atoms with Gasteiger partial charge in [0.15, 0.2) is 17.4 Å². The molecule has 128 valence electrons. The number of aromatic nitrogens is 2. The van der Waals surface area contributed by atoms with Gasteiger partial charge in [-0.25, -0.2) is 4.39 Å². The Kier molecular flexibility index (Phi) is 4.48. The maximum absolute atomic E-state index is 13.8. The highest BCUT2D eigenvalue weighted by atomic mass is 19.1. The number of halogens is 1. The third kappa shape index (κ3) is 3.09. The minimum absolute atomic E-state index is 0.115. The van der Waals surface area contributed by atoms with Gasteiger partial charge in [-0.05, 0) is 32.2 Å². The Morgan fingerprint density at radius 3 is 2.83 bits per heavy atom. The van der Waals surface area contributed by atoms with Crippen molar-refractivity contribution in [3.05, 3.63) is 41.3 Å². The number of carbonyl (C=O) groups is 1. The Balaban J connectivity index is 1.79. The maximum atomic E-state index is 13.8. The van der Waals surface area contributed by atoms with Gasteiger partial charge in [-0.1, -0.05) is 5.16 Å². The number of piperazine rings is 1. The van der Waals surface area contributed by atoms with Crippen molar-refractivity contribution in [3.63, 3.8) is 0 Å². The number of ether oxygens (including phenoxy) is 1. The molecular weight excluding hydrogens is 315 g/mol. The summed E-state index contributed by atoms with van der Waals surface area (Å²) < 4.78 is 24.0. The van der Waals surface area contributed by atoms with E-state index >= 15 is 0 Å². The predicted octanol–water partition coefficient (Wildman–Crippen LogP) is 1.65. The molecular formula is C16H19FN4O3. The number of carbonyl (C=O) groups excluding carboxylic acids is 1. The van der Waals surface area contributed by atoms with Crippen molar-refractivity contribution < 1.29 is 18.4 Å². The SMILES string of the molecule is COc1ccc(C(=O)N2CCN(C)[C@H](c3nc(C)no3)C2)cc1F. The van der Waals surface area contributed by atoms with Crippen LogP contribution >= 0.6 is 0 Å². The zero-order valence-electron chi connectivity index (χ0n) is 13.8. The molecule has 2 heterocycles. The van der Waals surface area contributed by atoms with Gasteiger partial charge in [0.25, 0.3) is 5.91 Å². The molecule has 0 unspecified atom stereocenters. The summed E-state index contributed by atoms with van der Waals surface area (Å²) in [4.78, 5) is 20.7. The van der Waals surface area contributed by atoms with Crippen molar-refractivity contribution in [3.8, 4) is 5.75 Å². The monoisotopic (exact) mass is 334 g/mol. The summed E-state index contributed by atoms with van der Waals surface area (Å²) in [7, 11) is 3.33. The Labute approximate surface area is 139 Å². The van der Waals surface area contributed by atoms with Crippen LogP contribution in [0.15, 0.2) is 22.7 Å². The molecule has 1 amide bonds. The minimum Gasteiger partial charge on any atom is -0.494 e. The van der Waals surface area contributed by atoms with Gasteiger partial charge in [-0.3, -0.25) is 9.69 Å². The maximum Gasteiger partial charge on any atom is 0.254 e. The van der Waals surface area contributed by atoms with Crippen LogP contribution < -0.4 is 4.74 Å². The molecule has 1 atom stereocenters. The van der Waals surface area contributed by atoms with Crippen molar-refractivity contribution in [2.24, 2.45) is 0 Å². The number of aryl methyl sites for hydroxylation is 1. The highest BCUT2D eigenvalue weighted by Gasteiger charge is 2.32. The molecule has 7 nitrogen and oxygen atoms in total. The first-order valence-electron chi connectivity index (χ1n) is 7.63. The second-order valence-electron chi connectivity index (χ2n) is 5.78. The van der Waals surface area contributed by atoms with E-state index in [1.54, 1.807) is 17.9 Å². The van der Waals surface area contributed by atoms with Gasteiger partial charge in [-0.2, -0.15) is 4.98 Å². The molecule has 1 aromatic heterocycles. The van der Waals surface area contributed by atoms with E-state index in [2.05, 4.69) is 15.0 Å². The number of hydrogen-bond donors (Lipinski definition) is 0. The standard InChI is InChI=1S/C16H19FN4O3/c1-10-18-15(24-19-10)13-9-21(7-6-20(13)2)16(22)11-4-5-14(23-3)12(17)8-11/h4-5,8,13H,6-7,9H2,1-3H3/t13-/m0/s1. The number of nitrogens with zero attached hydrogens (tertiary/aromatic N) is 4. The first kappa shape index (κ1) is 16.4. The molecule has 0 saturated carbocycles. The average molecular weight is 334 g/mol. The molecule has 0 spiro atoms. The van der Waals surface area contributed by atoms with Crippen LogP contribution in [0.25, 0.3) is 0 Å². The summed E-state index contributed by atoms with van der Waals surface area (Å²) in [5, 5.41) is 3.81. The zero-order valence-corrected chi connectivity index (χ0v) is 13.8. The van der Waals surface area contributed by atoms with E-state index in [9.17, 15) is 9.18 Å². The van der Waals surface area contributed by atoms with Crippen LogP contribution in [-0.2, 0) is 0 Å². The summed E-state index contributed by atoms with van der Waals surface area (Å²) >= 11 is 0. The number of methoxy groups -OCH3 is 1. The quantitative estimate of drug-likeness (QED) is 0.850. The summed E-state index contributed by atoms with van der Waals surface area (Å²) in [5.74, 6) is 0.365. The minimum atomic E-state index is -0.554. The van der Waals surface area contributed by atoms with Crippen molar-refractivity contribution in [1.82, 2.24) is 19.9 Å². The number of amides is 1. The summed E-state index contributed by atoms with van der Waals surface area (Å²) in [6.07, 6.45) is 0. The smallest absolute Gasteiger partial charge is 0.254 e. The Morgan fingerprint density at radius 1 is 1.42 bits per heavy atom. The highest BCUT2D eigenvalue weighted by Crippen LogP contribution is 2.25. The lowest BCUT2D eigenvalue weighted by Crippen LogP contribution is -2.49. The molecule has 0 bridgehead atoms. The molecule has 2 aromatic rings. The molecule has 0 aliphatic carbocycles. The van der Waals surface area contributed by atoms with Crippen LogP contribution in [-0.4, -0.2) is 59.6 Å². The third-order valence-electron chi connectivity index (χ3n) is 4.16. The number of hydrogen-bond acceptors (Lipinski definition) is 6. The van der Waals surface area contributed by atoms with Crippen LogP contribution in [0.1, 0.15) is 28.1 Å². The van der Waals surface area contributed by atoms with Crippen molar-refractivity contribution in [2.45, 2.75) is 13.0 Å². The largest absolute Gasteiger partial charge is 0.494 e. The highest BCUT2D eigenvalue weighted by molar-refractivity contribution is 5.94. The number of likely N-dealkylation sites (N-methyl/N-ethyl adjacent to an activating group) is 1. The van der Waals surface area contributed by atoms with Crippen molar-refractivity contribution in [1.29, 1.82) is 0 Å². The fourth-order valence-corrected chi connectivity index (χ4v) is 2.76. The summed E-state index contributed by atoms with van der Waals surface area (Å²) in [5.41, 5.74) is 0.290. The molecule has 1 saturated heterocycles. The lowest BCUT2D eigenvalue weighted by molar-refractivity contribution is 0.0488. The fraction of sp³-hybridized carbons (Fsp3) is 0.438. The molecule has 1 aromatic carbocycles. The van der Waals surface area contributed by atoms with Gasteiger partial charge in [0.2, 0.25) is 5.89 Å². The normalized spacial score (nSPS) is 18.7. The second-order valence-corrected chi connectivity index (χ2v) is 5.78. The van der Waals surface area contributed by atoms with Crippen molar-refractivity contribution >= 4 is 5.91 Å². The van der Waals surface area contributed by atoms with Gasteiger partial charge in [0, 0.05) is 25.2 Å². The Hall–Kier alpha value is -2.48. The molecule has 1 fully saturated rings. The Bertz CT molecular complexity index is 749. The van der Waals surface area contributed by atoms with E-state index in [-0.39, 0.29) is 17.7 Å². The fourth-order valence-electron chi connectivity index (χ4n) is 2.76. The number of benzene rings is 1. The zero-order chi connectivity index (χ0) is 17.3. The summed E-state index contributed by atoms with van der Waals surface area (Å²) in [6.45, 7) is 3.37. The van der Waals surface area contributed by atoms with E-state index in [4.69, 9.17) is 9.26 Å². The lowest BCUT2D eigenvalue weighted by atomic mass is 10.1.